The van der Waals surface area contributed by atoms with E-state index in [1.54, 1.807) is 6.33 Å². The van der Waals surface area contributed by atoms with Crippen LogP contribution in [0.2, 0.25) is 0 Å². The number of hydrogen-bond acceptors (Lipinski definition) is 4. The highest BCUT2D eigenvalue weighted by Gasteiger charge is 2.39. The van der Waals surface area contributed by atoms with Gasteiger partial charge in [-0.2, -0.15) is 5.10 Å². The Hall–Kier alpha value is -0.940. The van der Waals surface area contributed by atoms with Crippen LogP contribution in [0.5, 0.6) is 0 Å². The maximum absolute atomic E-state index is 10.5. The molecule has 1 aromatic rings. The van der Waals surface area contributed by atoms with Crippen molar-refractivity contribution in [2.24, 2.45) is 0 Å². The third-order valence-electron chi connectivity index (χ3n) is 3.45. The second-order valence-electron chi connectivity index (χ2n) is 4.86. The van der Waals surface area contributed by atoms with Crippen LogP contribution in [0.15, 0.2) is 6.33 Å². The van der Waals surface area contributed by atoms with Crippen molar-refractivity contribution in [1.82, 2.24) is 19.7 Å². The van der Waals surface area contributed by atoms with Gasteiger partial charge < -0.3 is 10.0 Å². The maximum atomic E-state index is 10.5. The summed E-state index contributed by atoms with van der Waals surface area (Å²) >= 11 is 0. The molecule has 0 saturated carbocycles. The molecule has 1 saturated heterocycles. The van der Waals surface area contributed by atoms with E-state index in [0.717, 1.165) is 18.8 Å². The number of rotatable bonds is 3. The van der Waals surface area contributed by atoms with Crippen molar-refractivity contribution in [2.75, 3.05) is 13.6 Å². The quantitative estimate of drug-likeness (QED) is 0.802. The van der Waals surface area contributed by atoms with Crippen molar-refractivity contribution < 1.29 is 5.11 Å². The van der Waals surface area contributed by atoms with Crippen LogP contribution in [0.25, 0.3) is 0 Å². The molecule has 1 aliphatic heterocycles. The predicted octanol–water partition coefficient (Wildman–Crippen LogP) is 0.296. The van der Waals surface area contributed by atoms with Crippen LogP contribution in [0.3, 0.4) is 0 Å². The zero-order valence-electron chi connectivity index (χ0n) is 10.2. The van der Waals surface area contributed by atoms with Crippen molar-refractivity contribution in [3.8, 4) is 0 Å². The Bertz CT molecular complexity index is 353. The monoisotopic (exact) mass is 224 g/mol. The number of aryl methyl sites for hydroxylation is 1. The molecule has 1 fully saturated rings. The molecule has 5 nitrogen and oxygen atoms in total. The van der Waals surface area contributed by atoms with Crippen LogP contribution in [-0.4, -0.2) is 50.0 Å². The second-order valence-corrected chi connectivity index (χ2v) is 4.86. The minimum absolute atomic E-state index is 0.433. The van der Waals surface area contributed by atoms with Crippen molar-refractivity contribution in [1.29, 1.82) is 0 Å². The smallest absolute Gasteiger partial charge is 0.138 e. The molecule has 2 atom stereocenters. The molecule has 0 radical (unpaired) electrons. The van der Waals surface area contributed by atoms with Crippen LogP contribution in [0.1, 0.15) is 26.1 Å². The number of aromatic nitrogens is 3. The lowest BCUT2D eigenvalue weighted by atomic mass is 9.96. The molecule has 0 spiro atoms. The molecule has 0 bridgehead atoms. The zero-order chi connectivity index (χ0) is 11.8. The van der Waals surface area contributed by atoms with E-state index in [9.17, 15) is 5.11 Å². The van der Waals surface area contributed by atoms with E-state index >= 15 is 0 Å². The Morgan fingerprint density at radius 2 is 2.38 bits per heavy atom. The lowest BCUT2D eigenvalue weighted by molar-refractivity contribution is 0.0490. The maximum Gasteiger partial charge on any atom is 0.138 e. The number of likely N-dealkylation sites (N-methyl/N-ethyl adjacent to an activating group) is 1. The molecule has 0 aliphatic carbocycles. The molecule has 1 N–H and O–H groups in total. The summed E-state index contributed by atoms with van der Waals surface area (Å²) in [6.07, 6.45) is 2.96. The summed E-state index contributed by atoms with van der Waals surface area (Å²) in [5, 5.41) is 14.6. The van der Waals surface area contributed by atoms with Crippen LogP contribution in [0.4, 0.5) is 0 Å². The first kappa shape index (κ1) is 11.5. The Balaban J connectivity index is 2.10. The van der Waals surface area contributed by atoms with Crippen LogP contribution < -0.4 is 0 Å². The van der Waals surface area contributed by atoms with Gasteiger partial charge in [-0.15, -0.1) is 0 Å². The van der Waals surface area contributed by atoms with E-state index in [1.807, 2.05) is 18.7 Å². The first-order valence-corrected chi connectivity index (χ1v) is 5.83. The standard InChI is InChI=1S/C11H20N4O/c1-4-15-10(12-8-13-15)6-11(16)5-9(2)14(3)7-11/h8-9,16H,4-7H2,1-3H3. The van der Waals surface area contributed by atoms with Gasteiger partial charge in [-0.1, -0.05) is 0 Å². The average molecular weight is 224 g/mol. The predicted molar refractivity (Wildman–Crippen MR) is 61.1 cm³/mol. The van der Waals surface area contributed by atoms with Gasteiger partial charge in [-0.25, -0.2) is 4.98 Å². The highest BCUT2D eigenvalue weighted by molar-refractivity contribution is 5.01. The molecule has 0 amide bonds. The van der Waals surface area contributed by atoms with Crippen molar-refractivity contribution >= 4 is 0 Å². The van der Waals surface area contributed by atoms with Gasteiger partial charge in [0.2, 0.25) is 0 Å². The summed E-state index contributed by atoms with van der Waals surface area (Å²) in [5.41, 5.74) is -0.645. The van der Waals surface area contributed by atoms with Gasteiger partial charge >= 0.3 is 0 Å². The molecule has 1 aliphatic rings. The lowest BCUT2D eigenvalue weighted by Gasteiger charge is -2.21. The van der Waals surface area contributed by atoms with Crippen LogP contribution >= 0.6 is 0 Å². The largest absolute Gasteiger partial charge is 0.388 e. The van der Waals surface area contributed by atoms with Crippen LogP contribution in [-0.2, 0) is 13.0 Å². The lowest BCUT2D eigenvalue weighted by Crippen LogP contribution is -2.35. The summed E-state index contributed by atoms with van der Waals surface area (Å²) in [6.45, 7) is 5.69. The van der Waals surface area contributed by atoms with Crippen molar-refractivity contribution in [3.05, 3.63) is 12.2 Å². The minimum Gasteiger partial charge on any atom is -0.388 e. The fourth-order valence-corrected chi connectivity index (χ4v) is 2.50. The van der Waals surface area contributed by atoms with Crippen molar-refractivity contribution in [3.63, 3.8) is 0 Å². The average Bonchev–Trinajstić information content (AvgIpc) is 2.72. The highest BCUT2D eigenvalue weighted by Crippen LogP contribution is 2.28. The highest BCUT2D eigenvalue weighted by atomic mass is 16.3. The van der Waals surface area contributed by atoms with Gasteiger partial charge in [0.15, 0.2) is 0 Å². The van der Waals surface area contributed by atoms with E-state index in [4.69, 9.17) is 0 Å². The molecular formula is C11H20N4O. The summed E-state index contributed by atoms with van der Waals surface area (Å²) in [5.74, 6) is 0.882. The third-order valence-corrected chi connectivity index (χ3v) is 3.45. The minimum atomic E-state index is -0.645. The summed E-state index contributed by atoms with van der Waals surface area (Å²) in [7, 11) is 2.05. The summed E-state index contributed by atoms with van der Waals surface area (Å²) in [4.78, 5) is 6.41. The van der Waals surface area contributed by atoms with Gasteiger partial charge in [-0.3, -0.25) is 4.68 Å². The molecule has 5 heteroatoms. The molecule has 90 valence electrons. The van der Waals surface area contributed by atoms with E-state index in [0.29, 0.717) is 19.0 Å². The fourth-order valence-electron chi connectivity index (χ4n) is 2.50. The van der Waals surface area contributed by atoms with Gasteiger partial charge in [0.05, 0.1) is 5.60 Å². The first-order valence-electron chi connectivity index (χ1n) is 5.83. The number of nitrogens with zero attached hydrogens (tertiary/aromatic N) is 4. The number of hydrogen-bond donors (Lipinski definition) is 1. The number of aliphatic hydroxyl groups is 1. The Kier molecular flexibility index (Phi) is 2.99. The SMILES string of the molecule is CCn1ncnc1CC1(O)CC(C)N(C)C1. The first-order chi connectivity index (χ1) is 7.54. The van der Waals surface area contributed by atoms with E-state index in [-0.39, 0.29) is 0 Å². The molecule has 0 aromatic carbocycles. The van der Waals surface area contributed by atoms with Crippen LogP contribution in [0, 0.1) is 0 Å². The molecule has 2 heterocycles. The van der Waals surface area contributed by atoms with Gasteiger partial charge in [-0.05, 0) is 27.3 Å². The van der Waals surface area contributed by atoms with Gasteiger partial charge in [0.1, 0.15) is 12.2 Å². The molecular weight excluding hydrogens is 204 g/mol. The summed E-state index contributed by atoms with van der Waals surface area (Å²) in [6, 6.07) is 0.433. The Morgan fingerprint density at radius 3 is 2.94 bits per heavy atom. The number of β-amino-alcohol motifs (C(OH)–C–C–N with tert-alkyl or cyclic N) is 1. The molecule has 2 unspecified atom stereocenters. The third kappa shape index (κ3) is 2.10. The van der Waals surface area contributed by atoms with E-state index in [1.165, 1.54) is 0 Å². The summed E-state index contributed by atoms with van der Waals surface area (Å²) < 4.78 is 1.85. The normalized spacial score (nSPS) is 31.1. The fraction of sp³-hybridized carbons (Fsp3) is 0.818. The Morgan fingerprint density at radius 1 is 1.62 bits per heavy atom. The van der Waals surface area contributed by atoms with Gasteiger partial charge in [0, 0.05) is 25.6 Å². The molecule has 1 aromatic heterocycles. The van der Waals surface area contributed by atoms with E-state index < -0.39 is 5.60 Å². The van der Waals surface area contributed by atoms with Crippen molar-refractivity contribution in [2.45, 2.75) is 44.9 Å². The topological polar surface area (TPSA) is 54.2 Å². The second kappa shape index (κ2) is 4.14. The Labute approximate surface area is 96.1 Å². The molecule has 16 heavy (non-hydrogen) atoms. The van der Waals surface area contributed by atoms with Gasteiger partial charge in [0.25, 0.3) is 0 Å². The van der Waals surface area contributed by atoms with E-state index in [2.05, 4.69) is 21.9 Å². The zero-order valence-corrected chi connectivity index (χ0v) is 10.2. The molecule has 2 rings (SSSR count). The number of likely N-dealkylation sites (tertiary alicyclic amines) is 1.